The number of rotatable bonds is 7. The Morgan fingerprint density at radius 3 is 2.82 bits per heavy atom. The van der Waals surface area contributed by atoms with Crippen LogP contribution in [-0.2, 0) is 0 Å². The van der Waals surface area contributed by atoms with Crippen LogP contribution in [0.3, 0.4) is 0 Å². The van der Waals surface area contributed by atoms with Crippen LogP contribution in [0.2, 0.25) is 0 Å². The first-order chi connectivity index (χ1) is 8.27. The molecule has 1 N–H and O–H groups in total. The summed E-state index contributed by atoms with van der Waals surface area (Å²) < 4.78 is 0. The number of likely N-dealkylation sites (N-methyl/N-ethyl adjacent to an activating group) is 1. The van der Waals surface area contributed by atoms with Gasteiger partial charge in [0.2, 0.25) is 0 Å². The third-order valence-corrected chi connectivity index (χ3v) is 2.48. The van der Waals surface area contributed by atoms with Gasteiger partial charge in [0.1, 0.15) is 6.07 Å². The standard InChI is InChI=1S/C12H19N5/c1-3-4-8-17(2)9-7-16-12-11(10-13)14-5-6-15-12/h5-6H,3-4,7-9H2,1-2H3,(H,15,16). The van der Waals surface area contributed by atoms with Gasteiger partial charge in [-0.05, 0) is 20.0 Å². The van der Waals surface area contributed by atoms with E-state index in [0.717, 1.165) is 19.6 Å². The van der Waals surface area contributed by atoms with Crippen LogP contribution in [0.15, 0.2) is 12.4 Å². The van der Waals surface area contributed by atoms with Gasteiger partial charge >= 0.3 is 0 Å². The highest BCUT2D eigenvalue weighted by Crippen LogP contribution is 2.05. The average molecular weight is 233 g/mol. The van der Waals surface area contributed by atoms with Crippen molar-refractivity contribution < 1.29 is 0 Å². The molecule has 0 bridgehead atoms. The Morgan fingerprint density at radius 2 is 2.12 bits per heavy atom. The van der Waals surface area contributed by atoms with Crippen LogP contribution >= 0.6 is 0 Å². The van der Waals surface area contributed by atoms with Gasteiger partial charge in [-0.1, -0.05) is 13.3 Å². The maximum Gasteiger partial charge on any atom is 0.182 e. The van der Waals surface area contributed by atoms with E-state index in [9.17, 15) is 0 Å². The summed E-state index contributed by atoms with van der Waals surface area (Å²) in [4.78, 5) is 10.3. The van der Waals surface area contributed by atoms with Crippen LogP contribution in [-0.4, -0.2) is 41.5 Å². The molecule has 0 saturated carbocycles. The van der Waals surface area contributed by atoms with Gasteiger partial charge in [0, 0.05) is 25.5 Å². The van der Waals surface area contributed by atoms with Gasteiger partial charge in [-0.2, -0.15) is 5.26 Å². The molecule has 92 valence electrons. The number of hydrogen-bond donors (Lipinski definition) is 1. The van der Waals surface area contributed by atoms with Crippen molar-refractivity contribution >= 4 is 5.82 Å². The van der Waals surface area contributed by atoms with Crippen molar-refractivity contribution in [1.29, 1.82) is 5.26 Å². The number of nitrogens with one attached hydrogen (secondary N) is 1. The molecule has 5 heteroatoms. The van der Waals surface area contributed by atoms with Crippen molar-refractivity contribution in [2.45, 2.75) is 19.8 Å². The van der Waals surface area contributed by atoms with Crippen molar-refractivity contribution in [2.24, 2.45) is 0 Å². The number of unbranched alkanes of at least 4 members (excludes halogenated alkanes) is 1. The molecular weight excluding hydrogens is 214 g/mol. The zero-order valence-electron chi connectivity index (χ0n) is 10.5. The predicted octanol–water partition coefficient (Wildman–Crippen LogP) is 1.49. The maximum absolute atomic E-state index is 8.84. The second-order valence-electron chi connectivity index (χ2n) is 3.95. The second kappa shape index (κ2) is 7.58. The molecule has 0 spiro atoms. The summed E-state index contributed by atoms with van der Waals surface area (Å²) in [7, 11) is 2.10. The Balaban J connectivity index is 2.33. The molecule has 0 saturated heterocycles. The molecule has 1 aromatic rings. The van der Waals surface area contributed by atoms with Gasteiger partial charge in [0.25, 0.3) is 0 Å². The zero-order valence-corrected chi connectivity index (χ0v) is 10.5. The molecule has 0 aliphatic carbocycles. The molecule has 0 fully saturated rings. The Labute approximate surface area is 102 Å². The highest BCUT2D eigenvalue weighted by molar-refractivity contribution is 5.46. The number of aromatic nitrogens is 2. The molecule has 0 aliphatic rings. The molecule has 0 amide bonds. The monoisotopic (exact) mass is 233 g/mol. The Bertz CT molecular complexity index is 371. The van der Waals surface area contributed by atoms with Gasteiger partial charge in [-0.25, -0.2) is 9.97 Å². The van der Waals surface area contributed by atoms with E-state index in [0.29, 0.717) is 11.5 Å². The molecule has 0 unspecified atom stereocenters. The summed E-state index contributed by atoms with van der Waals surface area (Å²) in [6.07, 6.45) is 5.53. The zero-order chi connectivity index (χ0) is 12.5. The molecule has 0 aromatic carbocycles. The average Bonchev–Trinajstić information content (AvgIpc) is 2.37. The molecule has 1 aromatic heterocycles. The molecule has 0 radical (unpaired) electrons. The van der Waals surface area contributed by atoms with Crippen molar-refractivity contribution in [1.82, 2.24) is 14.9 Å². The topological polar surface area (TPSA) is 64.8 Å². The first kappa shape index (κ1) is 13.4. The van der Waals surface area contributed by atoms with Gasteiger partial charge < -0.3 is 10.2 Å². The number of nitrogens with zero attached hydrogens (tertiary/aromatic N) is 4. The van der Waals surface area contributed by atoms with Crippen LogP contribution in [0.5, 0.6) is 0 Å². The van der Waals surface area contributed by atoms with Gasteiger partial charge in [-0.15, -0.1) is 0 Å². The summed E-state index contributed by atoms with van der Waals surface area (Å²) in [6.45, 7) is 4.99. The summed E-state index contributed by atoms with van der Waals surface area (Å²) in [5.41, 5.74) is 0.351. The van der Waals surface area contributed by atoms with Crippen LogP contribution in [0.25, 0.3) is 0 Å². The van der Waals surface area contributed by atoms with E-state index in [1.54, 1.807) is 6.20 Å². The maximum atomic E-state index is 8.84. The van der Waals surface area contributed by atoms with E-state index in [2.05, 4.69) is 34.2 Å². The molecule has 0 aliphatic heterocycles. The summed E-state index contributed by atoms with van der Waals surface area (Å²) in [5, 5.41) is 12.0. The van der Waals surface area contributed by atoms with E-state index >= 15 is 0 Å². The Hall–Kier alpha value is -1.67. The fraction of sp³-hybridized carbons (Fsp3) is 0.583. The number of hydrogen-bond acceptors (Lipinski definition) is 5. The third-order valence-electron chi connectivity index (χ3n) is 2.48. The Kier molecular flexibility index (Phi) is 5.97. The molecule has 17 heavy (non-hydrogen) atoms. The lowest BCUT2D eigenvalue weighted by molar-refractivity contribution is 0.340. The number of nitriles is 1. The van der Waals surface area contributed by atoms with Crippen molar-refractivity contribution in [3.63, 3.8) is 0 Å². The fourth-order valence-electron chi connectivity index (χ4n) is 1.45. The highest BCUT2D eigenvalue weighted by atomic mass is 15.1. The van der Waals surface area contributed by atoms with Crippen molar-refractivity contribution in [3.05, 3.63) is 18.1 Å². The minimum Gasteiger partial charge on any atom is -0.366 e. The summed E-state index contributed by atoms with van der Waals surface area (Å²) in [5.74, 6) is 0.568. The molecule has 1 heterocycles. The van der Waals surface area contributed by atoms with E-state index in [4.69, 9.17) is 5.26 Å². The molecular formula is C12H19N5. The van der Waals surface area contributed by atoms with E-state index in [1.165, 1.54) is 19.0 Å². The fourth-order valence-corrected chi connectivity index (χ4v) is 1.45. The quantitative estimate of drug-likeness (QED) is 0.773. The van der Waals surface area contributed by atoms with Gasteiger partial charge in [0.05, 0.1) is 0 Å². The van der Waals surface area contributed by atoms with Crippen LogP contribution in [0.1, 0.15) is 25.5 Å². The van der Waals surface area contributed by atoms with Gasteiger partial charge in [-0.3, -0.25) is 0 Å². The molecule has 1 rings (SSSR count). The first-order valence-electron chi connectivity index (χ1n) is 5.91. The predicted molar refractivity (Wildman–Crippen MR) is 67.6 cm³/mol. The normalized spacial score (nSPS) is 10.2. The summed E-state index contributed by atoms with van der Waals surface area (Å²) in [6, 6.07) is 2.02. The van der Waals surface area contributed by atoms with Crippen LogP contribution in [0, 0.1) is 11.3 Å². The van der Waals surface area contributed by atoms with Gasteiger partial charge in [0.15, 0.2) is 11.5 Å². The summed E-state index contributed by atoms with van der Waals surface area (Å²) >= 11 is 0. The van der Waals surface area contributed by atoms with E-state index in [1.807, 2.05) is 6.07 Å². The minimum atomic E-state index is 0.351. The van der Waals surface area contributed by atoms with Crippen LogP contribution < -0.4 is 5.32 Å². The number of anilines is 1. The van der Waals surface area contributed by atoms with E-state index < -0.39 is 0 Å². The minimum absolute atomic E-state index is 0.351. The highest BCUT2D eigenvalue weighted by Gasteiger charge is 2.03. The smallest absolute Gasteiger partial charge is 0.182 e. The SMILES string of the molecule is CCCCN(C)CCNc1nccnc1C#N. The third kappa shape index (κ3) is 4.79. The van der Waals surface area contributed by atoms with Crippen LogP contribution in [0.4, 0.5) is 5.82 Å². The second-order valence-corrected chi connectivity index (χ2v) is 3.95. The van der Waals surface area contributed by atoms with Crippen molar-refractivity contribution in [3.8, 4) is 6.07 Å². The molecule has 0 atom stereocenters. The lowest BCUT2D eigenvalue weighted by atomic mass is 10.3. The lowest BCUT2D eigenvalue weighted by Gasteiger charge is -2.16. The Morgan fingerprint density at radius 1 is 1.35 bits per heavy atom. The lowest BCUT2D eigenvalue weighted by Crippen LogP contribution is -2.26. The van der Waals surface area contributed by atoms with Crippen molar-refractivity contribution in [2.75, 3.05) is 32.0 Å². The largest absolute Gasteiger partial charge is 0.366 e. The first-order valence-corrected chi connectivity index (χ1v) is 5.91. The molecule has 5 nitrogen and oxygen atoms in total. The van der Waals surface area contributed by atoms with E-state index in [-0.39, 0.29) is 0 Å².